The van der Waals surface area contributed by atoms with Gasteiger partial charge in [0.2, 0.25) is 11.8 Å². The van der Waals surface area contributed by atoms with Crippen LogP contribution in [0.3, 0.4) is 0 Å². The second-order valence-corrected chi connectivity index (χ2v) is 10.3. The molecule has 3 heterocycles. The fourth-order valence-corrected chi connectivity index (χ4v) is 6.52. The normalized spacial score (nSPS) is 33.0. The van der Waals surface area contributed by atoms with Crippen LogP contribution in [0.2, 0.25) is 0 Å². The monoisotopic (exact) mass is 514 g/mol. The smallest absolute Gasteiger partial charge is 0.312 e. The van der Waals surface area contributed by atoms with Crippen molar-refractivity contribution in [2.75, 3.05) is 26.3 Å². The highest BCUT2D eigenvalue weighted by molar-refractivity contribution is 9.09. The molecule has 9 heteroatoms. The average Bonchev–Trinajstić information content (AvgIpc) is 3.32. The number of nitrogens with zero attached hydrogens (tertiary/aromatic N) is 2. The number of hydrogen-bond acceptors (Lipinski definition) is 6. The number of alkyl halides is 1. The Labute approximate surface area is 198 Å². The molecule has 2 bridgehead atoms. The van der Waals surface area contributed by atoms with Crippen LogP contribution in [0.1, 0.15) is 46.5 Å². The molecule has 1 N–H and O–H groups in total. The first kappa shape index (κ1) is 25.2. The molecular weight excluding hydrogens is 480 g/mol. The summed E-state index contributed by atoms with van der Waals surface area (Å²) in [6.07, 6.45) is 3.70. The summed E-state index contributed by atoms with van der Waals surface area (Å²) in [5.41, 5.74) is -1.06. The zero-order valence-electron chi connectivity index (χ0n) is 19.2. The maximum atomic E-state index is 13.9. The van der Waals surface area contributed by atoms with Crippen molar-refractivity contribution in [3.8, 4) is 0 Å². The number of carbonyl (C=O) groups excluding carboxylic acids is 3. The lowest BCUT2D eigenvalue weighted by molar-refractivity contribution is -0.155. The van der Waals surface area contributed by atoms with E-state index in [0.717, 1.165) is 6.42 Å². The van der Waals surface area contributed by atoms with Gasteiger partial charge in [-0.2, -0.15) is 0 Å². The van der Waals surface area contributed by atoms with Crippen LogP contribution in [-0.2, 0) is 23.9 Å². The molecule has 32 heavy (non-hydrogen) atoms. The molecule has 0 aromatic rings. The Morgan fingerprint density at radius 3 is 2.72 bits per heavy atom. The molecule has 0 saturated carbocycles. The summed E-state index contributed by atoms with van der Waals surface area (Å²) in [5.74, 6) is -2.30. The number of carbonyl (C=O) groups is 3. The number of unbranched alkanes of at least 4 members (excludes halogenated alkanes) is 2. The van der Waals surface area contributed by atoms with Crippen LogP contribution in [-0.4, -0.2) is 87.6 Å². The molecule has 2 amide bonds. The SMILES string of the molecule is C=CCN(C(=O)[C@H]1N(CCCCCO)C(=O)[C@@H]2[C@@H](C(=O)OCC)[C@@H]3O[C@@]21CC3Br)C(C)C. The van der Waals surface area contributed by atoms with E-state index in [-0.39, 0.29) is 35.9 Å². The fourth-order valence-electron chi connectivity index (χ4n) is 5.58. The van der Waals surface area contributed by atoms with Crippen LogP contribution in [0.25, 0.3) is 0 Å². The first-order valence-corrected chi connectivity index (χ1v) is 12.5. The van der Waals surface area contributed by atoms with Gasteiger partial charge >= 0.3 is 5.97 Å². The molecule has 3 saturated heterocycles. The van der Waals surface area contributed by atoms with E-state index in [4.69, 9.17) is 14.6 Å². The Morgan fingerprint density at radius 1 is 1.41 bits per heavy atom. The molecule has 8 nitrogen and oxygen atoms in total. The molecule has 0 radical (unpaired) electrons. The van der Waals surface area contributed by atoms with E-state index in [1.54, 1.807) is 22.8 Å². The molecule has 0 aliphatic carbocycles. The van der Waals surface area contributed by atoms with Crippen LogP contribution < -0.4 is 0 Å². The number of aliphatic hydroxyl groups is 1. The van der Waals surface area contributed by atoms with E-state index in [0.29, 0.717) is 32.4 Å². The van der Waals surface area contributed by atoms with Crippen molar-refractivity contribution in [1.29, 1.82) is 0 Å². The van der Waals surface area contributed by atoms with Gasteiger partial charge in [0.05, 0.1) is 24.5 Å². The molecule has 1 unspecified atom stereocenters. The highest BCUT2D eigenvalue weighted by Crippen LogP contribution is 2.60. The molecular formula is C23H35BrN2O6. The number of halogens is 1. The number of likely N-dealkylation sites (tertiary alicyclic amines) is 1. The minimum absolute atomic E-state index is 0.0819. The number of esters is 1. The quantitative estimate of drug-likeness (QED) is 0.196. The standard InChI is InChI=1S/C23H35BrN2O6/c1-5-10-25(14(3)4)21(29)19-23-13-15(24)18(32-23)16(22(30)31-6-2)17(23)20(28)26(19)11-8-7-9-12-27/h5,14-19,27H,1,6-13H2,2-4H3/t15?,16-,17+,18-,19-,23+/m1/s1. The van der Waals surface area contributed by atoms with Gasteiger partial charge in [0.1, 0.15) is 11.6 Å². The number of fused-ring (bicyclic) bond motifs is 1. The maximum Gasteiger partial charge on any atom is 0.312 e. The number of aliphatic hydroxyl groups excluding tert-OH is 1. The molecule has 0 aromatic carbocycles. The fraction of sp³-hybridized carbons (Fsp3) is 0.783. The van der Waals surface area contributed by atoms with Crippen molar-refractivity contribution in [1.82, 2.24) is 9.80 Å². The highest BCUT2D eigenvalue weighted by atomic mass is 79.9. The van der Waals surface area contributed by atoms with E-state index in [9.17, 15) is 14.4 Å². The van der Waals surface area contributed by atoms with Crippen molar-refractivity contribution in [3.63, 3.8) is 0 Å². The largest absolute Gasteiger partial charge is 0.466 e. The van der Waals surface area contributed by atoms with Crippen molar-refractivity contribution in [2.45, 2.75) is 75.1 Å². The van der Waals surface area contributed by atoms with Crippen molar-refractivity contribution in [3.05, 3.63) is 12.7 Å². The summed E-state index contributed by atoms with van der Waals surface area (Å²) in [6, 6.07) is -0.887. The van der Waals surface area contributed by atoms with Gasteiger partial charge in [-0.1, -0.05) is 22.0 Å². The Morgan fingerprint density at radius 2 is 2.12 bits per heavy atom. The molecule has 3 fully saturated rings. The second-order valence-electron chi connectivity index (χ2n) is 9.10. The summed E-state index contributed by atoms with van der Waals surface area (Å²) < 4.78 is 11.7. The first-order chi connectivity index (χ1) is 15.2. The van der Waals surface area contributed by atoms with Crippen molar-refractivity contribution < 1.29 is 29.0 Å². The summed E-state index contributed by atoms with van der Waals surface area (Å²) in [5, 5.41) is 9.11. The van der Waals surface area contributed by atoms with Crippen LogP contribution in [0.5, 0.6) is 0 Å². The minimum Gasteiger partial charge on any atom is -0.466 e. The summed E-state index contributed by atoms with van der Waals surface area (Å²) >= 11 is 3.64. The van der Waals surface area contributed by atoms with E-state index >= 15 is 0 Å². The zero-order chi connectivity index (χ0) is 23.6. The third-order valence-electron chi connectivity index (χ3n) is 6.87. The van der Waals surface area contributed by atoms with Gasteiger partial charge in [0, 0.05) is 30.6 Å². The third kappa shape index (κ3) is 4.12. The summed E-state index contributed by atoms with van der Waals surface area (Å²) in [7, 11) is 0. The van der Waals surface area contributed by atoms with Crippen LogP contribution >= 0.6 is 15.9 Å². The minimum atomic E-state index is -1.06. The average molecular weight is 515 g/mol. The van der Waals surface area contributed by atoms with Crippen LogP contribution in [0, 0.1) is 11.8 Å². The van der Waals surface area contributed by atoms with Gasteiger partial charge < -0.3 is 24.4 Å². The lowest BCUT2D eigenvalue weighted by Crippen LogP contribution is -2.58. The number of amides is 2. The Bertz CT molecular complexity index is 746. The predicted molar refractivity (Wildman–Crippen MR) is 122 cm³/mol. The second kappa shape index (κ2) is 10.2. The lowest BCUT2D eigenvalue weighted by Gasteiger charge is -2.38. The number of hydrogen-bond donors (Lipinski definition) is 1. The first-order valence-electron chi connectivity index (χ1n) is 11.6. The lowest BCUT2D eigenvalue weighted by atomic mass is 9.70. The Kier molecular flexibility index (Phi) is 8.04. The van der Waals surface area contributed by atoms with E-state index in [1.165, 1.54) is 0 Å². The van der Waals surface area contributed by atoms with E-state index < -0.39 is 35.6 Å². The van der Waals surface area contributed by atoms with Crippen LogP contribution in [0.15, 0.2) is 12.7 Å². The van der Waals surface area contributed by atoms with E-state index in [2.05, 4.69) is 22.5 Å². The molecule has 3 rings (SSSR count). The summed E-state index contributed by atoms with van der Waals surface area (Å²) in [4.78, 5) is 43.6. The highest BCUT2D eigenvalue weighted by Gasteiger charge is 2.77. The van der Waals surface area contributed by atoms with Crippen molar-refractivity contribution >= 4 is 33.7 Å². The van der Waals surface area contributed by atoms with Gasteiger partial charge in [-0.15, -0.1) is 6.58 Å². The number of ether oxygens (including phenoxy) is 2. The van der Waals surface area contributed by atoms with Gasteiger partial charge in [-0.05, 0) is 46.5 Å². The van der Waals surface area contributed by atoms with Crippen molar-refractivity contribution in [2.24, 2.45) is 11.8 Å². The Hall–Kier alpha value is -1.45. The Balaban J connectivity index is 2.01. The zero-order valence-corrected chi connectivity index (χ0v) is 20.8. The number of rotatable bonds is 11. The molecule has 6 atom stereocenters. The van der Waals surface area contributed by atoms with E-state index in [1.807, 2.05) is 13.8 Å². The predicted octanol–water partition coefficient (Wildman–Crippen LogP) is 1.88. The van der Waals surface area contributed by atoms with Gasteiger partial charge in [-0.25, -0.2) is 0 Å². The summed E-state index contributed by atoms with van der Waals surface area (Å²) in [6.45, 7) is 10.4. The molecule has 180 valence electrons. The topological polar surface area (TPSA) is 96.4 Å². The maximum absolute atomic E-state index is 13.9. The molecule has 3 aliphatic rings. The third-order valence-corrected chi connectivity index (χ3v) is 7.72. The van der Waals surface area contributed by atoms with Gasteiger partial charge in [0.15, 0.2) is 0 Å². The molecule has 0 aromatic heterocycles. The van der Waals surface area contributed by atoms with Crippen LogP contribution in [0.4, 0.5) is 0 Å². The molecule has 3 aliphatic heterocycles. The van der Waals surface area contributed by atoms with Gasteiger partial charge in [0.25, 0.3) is 0 Å². The molecule has 1 spiro atoms. The van der Waals surface area contributed by atoms with Gasteiger partial charge in [-0.3, -0.25) is 14.4 Å².